The summed E-state index contributed by atoms with van der Waals surface area (Å²) in [5.74, 6) is 0.302. The maximum absolute atomic E-state index is 13.8. The number of halogens is 2. The molecule has 2 aromatic carbocycles. The van der Waals surface area contributed by atoms with Crippen LogP contribution in [-0.2, 0) is 14.3 Å². The standard InChI is InChI=1S/C29H37ClFN3O5/c1-22-18-23(9-10-24(22)30)38-21-29(19-28(36)33-13-11-32(2)12-14-33)20-34(15-17-39-29)27(35)8-5-16-37-26-7-4-3-6-25(26)31/h3-4,6-7,9-10,18H,5,8,11-17,19-21H2,1-2H3/t29-/m1/s1. The molecule has 8 nitrogen and oxygen atoms in total. The van der Waals surface area contributed by atoms with Crippen molar-refractivity contribution in [3.05, 3.63) is 58.9 Å². The first-order chi connectivity index (χ1) is 18.7. The van der Waals surface area contributed by atoms with Crippen LogP contribution >= 0.6 is 11.6 Å². The lowest BCUT2D eigenvalue weighted by atomic mass is 9.96. The molecular weight excluding hydrogens is 525 g/mol. The fourth-order valence-corrected chi connectivity index (χ4v) is 4.91. The second-order valence-electron chi connectivity index (χ2n) is 10.3. The van der Waals surface area contributed by atoms with Crippen LogP contribution in [0.4, 0.5) is 4.39 Å². The Labute approximate surface area is 234 Å². The van der Waals surface area contributed by atoms with Crippen molar-refractivity contribution in [2.45, 2.75) is 31.8 Å². The van der Waals surface area contributed by atoms with Crippen LogP contribution in [0.25, 0.3) is 0 Å². The molecule has 1 atom stereocenters. The van der Waals surface area contributed by atoms with Gasteiger partial charge in [0.15, 0.2) is 11.6 Å². The van der Waals surface area contributed by atoms with Crippen LogP contribution in [0.3, 0.4) is 0 Å². The summed E-state index contributed by atoms with van der Waals surface area (Å²) in [4.78, 5) is 32.3. The molecule has 0 aromatic heterocycles. The molecule has 4 rings (SSSR count). The number of morpholine rings is 1. The first-order valence-electron chi connectivity index (χ1n) is 13.4. The van der Waals surface area contributed by atoms with Crippen LogP contribution in [0.15, 0.2) is 42.5 Å². The third-order valence-electron chi connectivity index (χ3n) is 7.19. The summed E-state index contributed by atoms with van der Waals surface area (Å²) < 4.78 is 31.6. The van der Waals surface area contributed by atoms with E-state index in [4.69, 9.17) is 25.8 Å². The van der Waals surface area contributed by atoms with Gasteiger partial charge in [-0.05, 0) is 56.3 Å². The van der Waals surface area contributed by atoms with Gasteiger partial charge in [-0.3, -0.25) is 9.59 Å². The largest absolute Gasteiger partial charge is 0.491 e. The number of carbonyl (C=O) groups is 2. The monoisotopic (exact) mass is 561 g/mol. The molecule has 2 saturated heterocycles. The third kappa shape index (κ3) is 8.06. The molecule has 2 amide bonds. The molecule has 2 aliphatic rings. The smallest absolute Gasteiger partial charge is 0.225 e. The Morgan fingerprint density at radius 2 is 1.79 bits per heavy atom. The molecule has 2 fully saturated rings. The highest BCUT2D eigenvalue weighted by atomic mass is 35.5. The molecule has 2 aliphatic heterocycles. The van der Waals surface area contributed by atoms with Crippen LogP contribution in [-0.4, -0.2) is 98.3 Å². The first kappa shape index (κ1) is 29.1. The highest BCUT2D eigenvalue weighted by Gasteiger charge is 2.42. The van der Waals surface area contributed by atoms with E-state index in [0.29, 0.717) is 43.4 Å². The molecule has 0 bridgehead atoms. The van der Waals surface area contributed by atoms with Crippen LogP contribution in [0, 0.1) is 12.7 Å². The number of nitrogens with zero attached hydrogens (tertiary/aromatic N) is 3. The number of carbonyl (C=O) groups excluding carboxylic acids is 2. The summed E-state index contributed by atoms with van der Waals surface area (Å²) in [6.45, 7) is 6.17. The number of amides is 2. The third-order valence-corrected chi connectivity index (χ3v) is 7.62. The van der Waals surface area contributed by atoms with E-state index in [1.807, 2.05) is 24.9 Å². The second-order valence-corrected chi connectivity index (χ2v) is 10.7. The summed E-state index contributed by atoms with van der Waals surface area (Å²) in [5, 5.41) is 0.645. The van der Waals surface area contributed by atoms with Crippen molar-refractivity contribution in [3.63, 3.8) is 0 Å². The molecule has 2 heterocycles. The number of hydrogen-bond donors (Lipinski definition) is 0. The topological polar surface area (TPSA) is 71.6 Å². The minimum Gasteiger partial charge on any atom is -0.491 e. The molecule has 10 heteroatoms. The Bertz CT molecular complexity index is 1140. The van der Waals surface area contributed by atoms with E-state index in [9.17, 15) is 14.0 Å². The zero-order valence-corrected chi connectivity index (χ0v) is 23.4. The van der Waals surface area contributed by atoms with E-state index in [1.165, 1.54) is 6.07 Å². The number of piperazine rings is 1. The van der Waals surface area contributed by atoms with E-state index in [2.05, 4.69) is 4.90 Å². The van der Waals surface area contributed by atoms with Crippen LogP contribution in [0.2, 0.25) is 5.02 Å². The predicted molar refractivity (Wildman–Crippen MR) is 147 cm³/mol. The zero-order chi connectivity index (χ0) is 27.8. The van der Waals surface area contributed by atoms with Crippen molar-refractivity contribution in [1.29, 1.82) is 0 Å². The van der Waals surface area contributed by atoms with Crippen LogP contribution < -0.4 is 9.47 Å². The predicted octanol–water partition coefficient (Wildman–Crippen LogP) is 3.79. The first-order valence-corrected chi connectivity index (χ1v) is 13.8. The zero-order valence-electron chi connectivity index (χ0n) is 22.7. The van der Waals surface area contributed by atoms with Gasteiger partial charge in [0, 0.05) is 44.2 Å². The minimum atomic E-state index is -0.981. The quantitative estimate of drug-likeness (QED) is 0.411. The van der Waals surface area contributed by atoms with Gasteiger partial charge in [-0.1, -0.05) is 23.7 Å². The second kappa shape index (κ2) is 13.5. The van der Waals surface area contributed by atoms with E-state index in [1.54, 1.807) is 35.2 Å². The van der Waals surface area contributed by atoms with Gasteiger partial charge in [0.25, 0.3) is 0 Å². The lowest BCUT2D eigenvalue weighted by Crippen LogP contribution is -2.59. The number of benzene rings is 2. The lowest BCUT2D eigenvalue weighted by molar-refractivity contribution is -0.166. The van der Waals surface area contributed by atoms with Crippen molar-refractivity contribution in [2.24, 2.45) is 0 Å². The fourth-order valence-electron chi connectivity index (χ4n) is 4.79. The van der Waals surface area contributed by atoms with Crippen LogP contribution in [0.5, 0.6) is 11.5 Å². The number of para-hydroxylation sites is 1. The maximum Gasteiger partial charge on any atom is 0.225 e. The van der Waals surface area contributed by atoms with Crippen molar-refractivity contribution >= 4 is 23.4 Å². The molecule has 0 saturated carbocycles. The molecule has 0 spiro atoms. The SMILES string of the molecule is Cc1cc(OC[C@@]2(CC(=O)N3CCN(C)CC3)CN(C(=O)CCCOc3ccccc3F)CCO2)ccc1Cl. The molecular formula is C29H37ClFN3O5. The average molecular weight is 562 g/mol. The Morgan fingerprint density at radius 3 is 2.54 bits per heavy atom. The van der Waals surface area contributed by atoms with Gasteiger partial charge in [0.05, 0.1) is 26.2 Å². The van der Waals surface area contributed by atoms with Gasteiger partial charge in [-0.25, -0.2) is 4.39 Å². The number of aryl methyl sites for hydroxylation is 1. The van der Waals surface area contributed by atoms with Gasteiger partial charge in [-0.15, -0.1) is 0 Å². The molecule has 0 radical (unpaired) electrons. The highest BCUT2D eigenvalue weighted by Crippen LogP contribution is 2.28. The van der Waals surface area contributed by atoms with Gasteiger partial charge in [0.1, 0.15) is 18.0 Å². The minimum absolute atomic E-state index is 0.00780. The summed E-state index contributed by atoms with van der Waals surface area (Å²) in [6.07, 6.45) is 0.802. The Kier molecular flexibility index (Phi) is 10.0. The lowest BCUT2D eigenvalue weighted by Gasteiger charge is -2.43. The van der Waals surface area contributed by atoms with Gasteiger partial charge < -0.3 is 28.9 Å². The van der Waals surface area contributed by atoms with Gasteiger partial charge in [0.2, 0.25) is 11.8 Å². The summed E-state index contributed by atoms with van der Waals surface area (Å²) >= 11 is 6.17. The van der Waals surface area contributed by atoms with Gasteiger partial charge >= 0.3 is 0 Å². The van der Waals surface area contributed by atoms with Crippen molar-refractivity contribution in [3.8, 4) is 11.5 Å². The highest BCUT2D eigenvalue weighted by molar-refractivity contribution is 6.31. The number of rotatable bonds is 10. The van der Waals surface area contributed by atoms with E-state index in [-0.39, 0.29) is 50.2 Å². The number of hydrogen-bond acceptors (Lipinski definition) is 6. The fraction of sp³-hybridized carbons (Fsp3) is 0.517. The van der Waals surface area contributed by atoms with E-state index in [0.717, 1.165) is 18.7 Å². The Morgan fingerprint density at radius 1 is 1.03 bits per heavy atom. The summed E-state index contributed by atoms with van der Waals surface area (Å²) in [7, 11) is 2.04. The summed E-state index contributed by atoms with van der Waals surface area (Å²) in [5.41, 5.74) is -0.0957. The summed E-state index contributed by atoms with van der Waals surface area (Å²) in [6, 6.07) is 11.6. The molecule has 0 N–H and O–H groups in total. The van der Waals surface area contributed by atoms with E-state index >= 15 is 0 Å². The molecule has 212 valence electrons. The Hall–Kier alpha value is -2.88. The average Bonchev–Trinajstić information content (AvgIpc) is 2.93. The Balaban J connectivity index is 1.39. The van der Waals surface area contributed by atoms with Crippen LogP contribution in [0.1, 0.15) is 24.8 Å². The molecule has 0 unspecified atom stereocenters. The van der Waals surface area contributed by atoms with Crippen molar-refractivity contribution in [2.75, 3.05) is 66.1 Å². The van der Waals surface area contributed by atoms with Crippen molar-refractivity contribution in [1.82, 2.24) is 14.7 Å². The van der Waals surface area contributed by atoms with E-state index < -0.39 is 11.4 Å². The maximum atomic E-state index is 13.8. The number of ether oxygens (including phenoxy) is 3. The molecule has 0 aliphatic carbocycles. The molecule has 2 aromatic rings. The number of likely N-dealkylation sites (N-methyl/N-ethyl adjacent to an activating group) is 1. The van der Waals surface area contributed by atoms with Crippen molar-refractivity contribution < 1.29 is 28.2 Å². The normalized spacial score (nSPS) is 20.1. The van der Waals surface area contributed by atoms with Gasteiger partial charge in [-0.2, -0.15) is 0 Å². The molecule has 39 heavy (non-hydrogen) atoms.